The molecule has 198 valence electrons. The van der Waals surface area contributed by atoms with E-state index in [1.807, 2.05) is 30.3 Å². The highest BCUT2D eigenvalue weighted by atomic mass is 16.7. The van der Waals surface area contributed by atoms with Gasteiger partial charge in [0.2, 0.25) is 11.9 Å². The first-order chi connectivity index (χ1) is 18.0. The van der Waals surface area contributed by atoms with Gasteiger partial charge >= 0.3 is 0 Å². The lowest BCUT2D eigenvalue weighted by molar-refractivity contribution is -0.312. The summed E-state index contributed by atoms with van der Waals surface area (Å²) in [4.78, 5) is 36.3. The van der Waals surface area contributed by atoms with Crippen LogP contribution in [0.4, 0.5) is 5.95 Å². The third-order valence-electron chi connectivity index (χ3n) is 6.47. The van der Waals surface area contributed by atoms with Crippen LogP contribution in [-0.4, -0.2) is 77.3 Å². The molecule has 2 N–H and O–H groups in total. The van der Waals surface area contributed by atoms with Crippen LogP contribution in [0.2, 0.25) is 0 Å². The molecule has 2 saturated heterocycles. The first kappa shape index (κ1) is 25.5. The smallest absolute Gasteiger partial charge is 0.280 e. The summed E-state index contributed by atoms with van der Waals surface area (Å²) in [7, 11) is 1.61. The van der Waals surface area contributed by atoms with Gasteiger partial charge in [0, 0.05) is 18.6 Å². The number of aromatic nitrogens is 4. The highest BCUT2D eigenvalue weighted by Crippen LogP contribution is 2.37. The standard InChI is InChI=1S/C25H31N5O7/c1-14(2)22(31)28-25-27-21-18(23(32)29-25)26-13-30(21)16-11-35-17-12-36-24(15-7-5-4-6-8-15)37-20(17)19(16)34-10-9-33-3/h4-8,13-14,16-17,19-20,24H,9-12H2,1-3H3,(H2,27,28,29,31,32). The normalized spacial score (nSPS) is 25.8. The van der Waals surface area contributed by atoms with Crippen molar-refractivity contribution in [2.75, 3.05) is 38.9 Å². The van der Waals surface area contributed by atoms with Crippen molar-refractivity contribution in [2.45, 2.75) is 44.5 Å². The largest absolute Gasteiger partial charge is 0.382 e. The van der Waals surface area contributed by atoms with E-state index < -0.39 is 30.1 Å². The average Bonchev–Trinajstić information content (AvgIpc) is 3.33. The average molecular weight is 514 g/mol. The van der Waals surface area contributed by atoms with Gasteiger partial charge in [-0.05, 0) is 0 Å². The second-order valence-corrected chi connectivity index (χ2v) is 9.33. The minimum absolute atomic E-state index is 0.0517. The Bertz CT molecular complexity index is 1280. The zero-order valence-electron chi connectivity index (χ0n) is 21.0. The Balaban J connectivity index is 1.48. The number of anilines is 1. The lowest BCUT2D eigenvalue weighted by Gasteiger charge is -2.46. The minimum Gasteiger partial charge on any atom is -0.382 e. The van der Waals surface area contributed by atoms with E-state index in [-0.39, 0.29) is 36.0 Å². The number of nitrogens with zero attached hydrogens (tertiary/aromatic N) is 3. The zero-order valence-corrected chi connectivity index (χ0v) is 21.0. The Morgan fingerprint density at radius 2 is 2.03 bits per heavy atom. The molecular weight excluding hydrogens is 482 g/mol. The lowest BCUT2D eigenvalue weighted by atomic mass is 9.96. The van der Waals surface area contributed by atoms with Gasteiger partial charge in [-0.15, -0.1) is 0 Å². The summed E-state index contributed by atoms with van der Waals surface area (Å²) in [5.41, 5.74) is 0.892. The van der Waals surface area contributed by atoms with Crippen LogP contribution in [0.15, 0.2) is 41.5 Å². The van der Waals surface area contributed by atoms with Crippen molar-refractivity contribution >= 4 is 23.0 Å². The van der Waals surface area contributed by atoms with Crippen LogP contribution < -0.4 is 10.9 Å². The lowest BCUT2D eigenvalue weighted by Crippen LogP contribution is -2.57. The van der Waals surface area contributed by atoms with Crippen molar-refractivity contribution in [1.82, 2.24) is 19.5 Å². The number of nitrogens with one attached hydrogen (secondary N) is 2. The number of benzene rings is 1. The fourth-order valence-electron chi connectivity index (χ4n) is 4.50. The highest BCUT2D eigenvalue weighted by molar-refractivity contribution is 5.91. The third kappa shape index (κ3) is 5.29. The van der Waals surface area contributed by atoms with Crippen molar-refractivity contribution in [3.63, 3.8) is 0 Å². The number of amides is 1. The van der Waals surface area contributed by atoms with E-state index in [2.05, 4.69) is 20.3 Å². The van der Waals surface area contributed by atoms with Gasteiger partial charge in [0.1, 0.15) is 18.3 Å². The first-order valence-corrected chi connectivity index (χ1v) is 12.3. The molecule has 5 atom stereocenters. The molecule has 3 aromatic rings. The monoisotopic (exact) mass is 513 g/mol. The summed E-state index contributed by atoms with van der Waals surface area (Å²) in [5, 5.41) is 2.65. The third-order valence-corrected chi connectivity index (χ3v) is 6.47. The Morgan fingerprint density at radius 3 is 2.78 bits per heavy atom. The second-order valence-electron chi connectivity index (χ2n) is 9.33. The molecule has 1 amide bonds. The summed E-state index contributed by atoms with van der Waals surface area (Å²) in [6.45, 7) is 4.84. The number of carbonyl (C=O) groups excluding carboxylic acids is 1. The molecular formula is C25H31N5O7. The summed E-state index contributed by atoms with van der Waals surface area (Å²) in [6.07, 6.45) is -0.312. The summed E-state index contributed by atoms with van der Waals surface area (Å²) >= 11 is 0. The van der Waals surface area contributed by atoms with Crippen LogP contribution in [0, 0.1) is 5.92 Å². The van der Waals surface area contributed by atoms with E-state index in [0.29, 0.717) is 25.5 Å². The van der Waals surface area contributed by atoms with Crippen LogP contribution in [0.25, 0.3) is 11.2 Å². The van der Waals surface area contributed by atoms with Gasteiger partial charge in [-0.2, -0.15) is 4.98 Å². The predicted molar refractivity (Wildman–Crippen MR) is 132 cm³/mol. The maximum atomic E-state index is 12.7. The van der Waals surface area contributed by atoms with Crippen molar-refractivity contribution < 1.29 is 28.5 Å². The van der Waals surface area contributed by atoms with Gasteiger partial charge in [-0.3, -0.25) is 19.9 Å². The number of hydrogen-bond acceptors (Lipinski definition) is 9. The summed E-state index contributed by atoms with van der Waals surface area (Å²) in [5.74, 6) is -0.493. The van der Waals surface area contributed by atoms with E-state index in [1.54, 1.807) is 25.5 Å². The second kappa shape index (κ2) is 11.1. The van der Waals surface area contributed by atoms with E-state index in [1.165, 1.54) is 6.33 Å². The van der Waals surface area contributed by atoms with Gasteiger partial charge in [0.05, 0.1) is 38.8 Å². The molecule has 0 saturated carbocycles. The van der Waals surface area contributed by atoms with Gasteiger partial charge < -0.3 is 28.3 Å². The van der Waals surface area contributed by atoms with Crippen LogP contribution in [0.1, 0.15) is 31.7 Å². The highest BCUT2D eigenvalue weighted by Gasteiger charge is 2.47. The Kier molecular flexibility index (Phi) is 7.63. The summed E-state index contributed by atoms with van der Waals surface area (Å²) in [6, 6.07) is 9.26. The quantitative estimate of drug-likeness (QED) is 0.432. The Labute approximate surface area is 213 Å². The molecule has 0 spiro atoms. The van der Waals surface area contributed by atoms with E-state index in [0.717, 1.165) is 5.56 Å². The van der Waals surface area contributed by atoms with E-state index in [4.69, 9.17) is 23.7 Å². The van der Waals surface area contributed by atoms with Gasteiger partial charge in [0.25, 0.3) is 5.56 Å². The fraction of sp³-hybridized carbons (Fsp3) is 0.520. The van der Waals surface area contributed by atoms with Gasteiger partial charge in [-0.1, -0.05) is 44.2 Å². The Hall–Kier alpha value is -3.16. The molecule has 2 aromatic heterocycles. The van der Waals surface area contributed by atoms with Crippen LogP contribution >= 0.6 is 0 Å². The molecule has 0 radical (unpaired) electrons. The molecule has 12 heteroatoms. The number of imidazole rings is 1. The number of carbonyl (C=O) groups is 1. The maximum absolute atomic E-state index is 12.7. The molecule has 2 fully saturated rings. The van der Waals surface area contributed by atoms with Crippen molar-refractivity contribution in [2.24, 2.45) is 5.92 Å². The molecule has 0 aliphatic carbocycles. The van der Waals surface area contributed by atoms with Gasteiger partial charge in [-0.25, -0.2) is 4.98 Å². The van der Waals surface area contributed by atoms with E-state index in [9.17, 15) is 9.59 Å². The number of ether oxygens (including phenoxy) is 5. The molecule has 4 heterocycles. The number of H-pyrrole nitrogens is 1. The molecule has 12 nitrogen and oxygen atoms in total. The first-order valence-electron chi connectivity index (χ1n) is 12.3. The maximum Gasteiger partial charge on any atom is 0.280 e. The number of aromatic amines is 1. The Morgan fingerprint density at radius 1 is 1.22 bits per heavy atom. The van der Waals surface area contributed by atoms with E-state index >= 15 is 0 Å². The fourth-order valence-corrected chi connectivity index (χ4v) is 4.50. The molecule has 5 rings (SSSR count). The molecule has 37 heavy (non-hydrogen) atoms. The number of methoxy groups -OCH3 is 1. The van der Waals surface area contributed by atoms with Crippen LogP contribution in [-0.2, 0) is 28.5 Å². The number of rotatable bonds is 8. The number of fused-ring (bicyclic) bond motifs is 2. The number of hydrogen-bond donors (Lipinski definition) is 2. The molecule has 0 bridgehead atoms. The van der Waals surface area contributed by atoms with Crippen molar-refractivity contribution in [1.29, 1.82) is 0 Å². The van der Waals surface area contributed by atoms with Crippen molar-refractivity contribution in [3.8, 4) is 0 Å². The molecule has 1 aromatic carbocycles. The SMILES string of the molecule is COCCOC1C2OC(c3ccccc3)OCC2OCC1n1cnc2c(=O)[nH]c(NC(=O)C(C)C)nc21. The van der Waals surface area contributed by atoms with Crippen LogP contribution in [0.3, 0.4) is 0 Å². The zero-order chi connectivity index (χ0) is 25.9. The minimum atomic E-state index is -0.573. The van der Waals surface area contributed by atoms with Crippen LogP contribution in [0.5, 0.6) is 0 Å². The predicted octanol–water partition coefficient (Wildman–Crippen LogP) is 1.80. The summed E-state index contributed by atoms with van der Waals surface area (Å²) < 4.78 is 31.7. The molecule has 2 aliphatic heterocycles. The van der Waals surface area contributed by atoms with Gasteiger partial charge in [0.15, 0.2) is 17.5 Å². The topological polar surface area (TPSA) is 139 Å². The molecule has 2 aliphatic rings. The molecule has 5 unspecified atom stereocenters. The van der Waals surface area contributed by atoms with Crippen molar-refractivity contribution in [3.05, 3.63) is 52.6 Å².